The summed E-state index contributed by atoms with van der Waals surface area (Å²) in [5, 5.41) is 54.0. The van der Waals surface area contributed by atoms with Crippen molar-refractivity contribution in [1.29, 1.82) is 0 Å². The van der Waals surface area contributed by atoms with E-state index in [0.29, 0.717) is 0 Å². The first kappa shape index (κ1) is 38.6. The third-order valence-corrected chi connectivity index (χ3v) is 5.09. The largest absolute Gasteiger partial charge is 0.481 e. The summed E-state index contributed by atoms with van der Waals surface area (Å²) < 4.78 is 33.5. The van der Waals surface area contributed by atoms with Gasteiger partial charge >= 0.3 is 35.8 Å². The van der Waals surface area contributed by atoms with E-state index in [-0.39, 0.29) is 13.2 Å². The number of aliphatic carboxylic acids is 6. The lowest BCUT2D eigenvalue weighted by Gasteiger charge is -2.37. The molecule has 4 unspecified atom stereocenters. The predicted molar refractivity (Wildman–Crippen MR) is 134 cm³/mol. The molecule has 18 nitrogen and oxygen atoms in total. The minimum Gasteiger partial charge on any atom is -0.481 e. The fourth-order valence-corrected chi connectivity index (χ4v) is 3.18. The van der Waals surface area contributed by atoms with E-state index >= 15 is 0 Å². The first-order chi connectivity index (χ1) is 19.8. The van der Waals surface area contributed by atoms with Gasteiger partial charge in [0.05, 0.1) is 91.4 Å². The van der Waals surface area contributed by atoms with E-state index in [2.05, 4.69) is 0 Å². The first-order valence-corrected chi connectivity index (χ1v) is 12.8. The molecule has 0 fully saturated rings. The predicted octanol–water partition coefficient (Wildman–Crippen LogP) is -0.591. The lowest BCUT2D eigenvalue weighted by Crippen LogP contribution is -2.53. The molecule has 0 bridgehead atoms. The minimum atomic E-state index is -1.38. The quantitative estimate of drug-likeness (QED) is 0.0574. The molecule has 0 saturated heterocycles. The Labute approximate surface area is 240 Å². The molecule has 0 saturated carbocycles. The van der Waals surface area contributed by atoms with Gasteiger partial charge in [0.2, 0.25) is 0 Å². The summed E-state index contributed by atoms with van der Waals surface area (Å²) in [6.07, 6.45) is -8.06. The van der Waals surface area contributed by atoms with Crippen molar-refractivity contribution in [2.24, 2.45) is 0 Å². The molecule has 18 heteroatoms. The molecule has 0 rings (SSSR count). The summed E-state index contributed by atoms with van der Waals surface area (Å²) in [6, 6.07) is 0. The van der Waals surface area contributed by atoms with Crippen molar-refractivity contribution in [2.75, 3.05) is 52.9 Å². The van der Waals surface area contributed by atoms with Crippen LogP contribution in [0, 0.1) is 0 Å². The Kier molecular flexibility index (Phi) is 21.3. The molecule has 0 aliphatic heterocycles. The fraction of sp³-hybridized carbons (Fsp3) is 0.750. The zero-order chi connectivity index (χ0) is 31.9. The van der Waals surface area contributed by atoms with Crippen molar-refractivity contribution in [3.63, 3.8) is 0 Å². The molecule has 0 aromatic heterocycles. The number of ether oxygens (including phenoxy) is 6. The number of hydrogen-bond acceptors (Lipinski definition) is 12. The maximum Gasteiger partial charge on any atom is 0.305 e. The van der Waals surface area contributed by atoms with Crippen LogP contribution in [0.5, 0.6) is 0 Å². The van der Waals surface area contributed by atoms with Gasteiger partial charge in [0.1, 0.15) is 24.4 Å². The van der Waals surface area contributed by atoms with Gasteiger partial charge < -0.3 is 59.1 Å². The molecule has 0 spiro atoms. The number of carboxylic acid groups (broad SMARTS) is 6. The Balaban J connectivity index is 6.35. The SMILES string of the molecule is O=C(O)CCOCC(OCCC(=O)O)C(OCCC(=O)O)C(OCCC(=O)O)C(COCCC(=O)O)OCCC(=O)O. The number of carboxylic acids is 6. The summed E-state index contributed by atoms with van der Waals surface area (Å²) in [5.41, 5.74) is 0. The molecule has 6 N–H and O–H groups in total. The molecule has 0 aromatic rings. The second-order valence-corrected chi connectivity index (χ2v) is 8.50. The van der Waals surface area contributed by atoms with Gasteiger partial charge in [0.15, 0.2) is 0 Å². The van der Waals surface area contributed by atoms with E-state index < -0.39 is 138 Å². The molecule has 0 radical (unpaired) electrons. The Morgan fingerprint density at radius 2 is 0.619 bits per heavy atom. The second-order valence-electron chi connectivity index (χ2n) is 8.50. The lowest BCUT2D eigenvalue weighted by atomic mass is 10.0. The normalized spacial score (nSPS) is 14.0. The van der Waals surface area contributed by atoms with Crippen molar-refractivity contribution in [3.8, 4) is 0 Å². The van der Waals surface area contributed by atoms with Gasteiger partial charge in [-0.15, -0.1) is 0 Å². The molecule has 242 valence electrons. The number of rotatable bonds is 29. The fourth-order valence-electron chi connectivity index (χ4n) is 3.18. The van der Waals surface area contributed by atoms with Crippen LogP contribution in [-0.4, -0.2) is 144 Å². The van der Waals surface area contributed by atoms with Crippen molar-refractivity contribution in [2.45, 2.75) is 62.9 Å². The summed E-state index contributed by atoms with van der Waals surface area (Å²) in [5.74, 6) is -7.28. The van der Waals surface area contributed by atoms with E-state index in [1.165, 1.54) is 0 Å². The van der Waals surface area contributed by atoms with Gasteiger partial charge in [-0.3, -0.25) is 28.8 Å². The summed E-state index contributed by atoms with van der Waals surface area (Å²) in [6.45, 7) is -3.11. The lowest BCUT2D eigenvalue weighted by molar-refractivity contribution is -0.200. The van der Waals surface area contributed by atoms with Crippen molar-refractivity contribution in [3.05, 3.63) is 0 Å². The van der Waals surface area contributed by atoms with Crippen LogP contribution < -0.4 is 0 Å². The summed E-state index contributed by atoms with van der Waals surface area (Å²) >= 11 is 0. The van der Waals surface area contributed by atoms with Gasteiger partial charge in [-0.2, -0.15) is 0 Å². The van der Waals surface area contributed by atoms with E-state index in [9.17, 15) is 28.8 Å². The highest BCUT2D eigenvalue weighted by atomic mass is 16.6. The van der Waals surface area contributed by atoms with Gasteiger partial charge in [-0.25, -0.2) is 0 Å². The van der Waals surface area contributed by atoms with Gasteiger partial charge in [-0.1, -0.05) is 0 Å². The van der Waals surface area contributed by atoms with Gasteiger partial charge in [0, 0.05) is 0 Å². The highest BCUT2D eigenvalue weighted by molar-refractivity contribution is 5.68. The van der Waals surface area contributed by atoms with Crippen LogP contribution in [0.25, 0.3) is 0 Å². The maximum atomic E-state index is 11.2. The van der Waals surface area contributed by atoms with Crippen molar-refractivity contribution in [1.82, 2.24) is 0 Å². The van der Waals surface area contributed by atoms with Crippen LogP contribution in [0.1, 0.15) is 38.5 Å². The molecule has 0 aliphatic rings. The van der Waals surface area contributed by atoms with E-state index in [0.717, 1.165) is 0 Å². The second kappa shape index (κ2) is 23.2. The molecule has 4 atom stereocenters. The smallest absolute Gasteiger partial charge is 0.305 e. The van der Waals surface area contributed by atoms with Gasteiger partial charge in [0.25, 0.3) is 0 Å². The Morgan fingerprint density at radius 1 is 0.381 bits per heavy atom. The van der Waals surface area contributed by atoms with Crippen LogP contribution in [0.15, 0.2) is 0 Å². The average molecular weight is 615 g/mol. The number of hydrogen-bond donors (Lipinski definition) is 6. The van der Waals surface area contributed by atoms with E-state index in [4.69, 9.17) is 59.1 Å². The standard InChI is InChI=1S/C24H38O18/c25-17(26)1-7-37-13-15(39-9-3-19(29)30)23(41-11-5-21(33)34)24(42-12-6-22(35)36)16(40-10-4-20(31)32)14-38-8-2-18(27)28/h15-16,23-24H,1-14H2,(H,25,26)(H,27,28)(H,29,30)(H,31,32)(H,33,34)(H,35,36). The molecular weight excluding hydrogens is 576 g/mol. The van der Waals surface area contributed by atoms with Crippen LogP contribution in [0.4, 0.5) is 0 Å². The first-order valence-electron chi connectivity index (χ1n) is 12.8. The Bertz CT molecular complexity index is 777. The van der Waals surface area contributed by atoms with Crippen molar-refractivity contribution < 1.29 is 87.8 Å². The van der Waals surface area contributed by atoms with Crippen LogP contribution >= 0.6 is 0 Å². The molecule has 0 aromatic carbocycles. The molecule has 0 amide bonds. The van der Waals surface area contributed by atoms with Crippen LogP contribution in [-0.2, 0) is 57.2 Å². The van der Waals surface area contributed by atoms with Crippen molar-refractivity contribution >= 4 is 35.8 Å². The highest BCUT2D eigenvalue weighted by Crippen LogP contribution is 2.21. The summed E-state index contributed by atoms with van der Waals surface area (Å²) in [7, 11) is 0. The molecule has 0 heterocycles. The van der Waals surface area contributed by atoms with Crippen LogP contribution in [0.2, 0.25) is 0 Å². The minimum absolute atomic E-state index is 0.294. The Hall–Kier alpha value is -3.42. The number of carbonyl (C=O) groups is 6. The monoisotopic (exact) mass is 614 g/mol. The topological polar surface area (TPSA) is 279 Å². The zero-order valence-corrected chi connectivity index (χ0v) is 22.8. The third-order valence-electron chi connectivity index (χ3n) is 5.09. The maximum absolute atomic E-state index is 11.2. The molecule has 0 aliphatic carbocycles. The molecular formula is C24H38O18. The highest BCUT2D eigenvalue weighted by Gasteiger charge is 2.39. The zero-order valence-electron chi connectivity index (χ0n) is 22.8. The van der Waals surface area contributed by atoms with Gasteiger partial charge in [-0.05, 0) is 0 Å². The van der Waals surface area contributed by atoms with Crippen LogP contribution in [0.3, 0.4) is 0 Å². The average Bonchev–Trinajstić information content (AvgIpc) is 2.87. The Morgan fingerprint density at radius 3 is 0.881 bits per heavy atom. The van der Waals surface area contributed by atoms with E-state index in [1.807, 2.05) is 0 Å². The summed E-state index contributed by atoms with van der Waals surface area (Å²) in [4.78, 5) is 66.2. The third kappa shape index (κ3) is 21.3. The van der Waals surface area contributed by atoms with E-state index in [1.54, 1.807) is 0 Å². The molecule has 42 heavy (non-hydrogen) atoms.